The van der Waals surface area contributed by atoms with E-state index in [-0.39, 0.29) is 5.91 Å². The molecule has 1 aliphatic heterocycles. The van der Waals surface area contributed by atoms with E-state index in [2.05, 4.69) is 34.7 Å². The van der Waals surface area contributed by atoms with Crippen LogP contribution in [0, 0.1) is 12.8 Å². The van der Waals surface area contributed by atoms with Gasteiger partial charge in [-0.05, 0) is 36.6 Å². The van der Waals surface area contributed by atoms with Gasteiger partial charge in [-0.1, -0.05) is 29.8 Å². The van der Waals surface area contributed by atoms with Crippen LogP contribution >= 0.6 is 15.9 Å². The van der Waals surface area contributed by atoms with Gasteiger partial charge in [0, 0.05) is 42.8 Å². The first-order valence-corrected chi connectivity index (χ1v) is 8.04. The maximum atomic E-state index is 12.6. The number of halogens is 1. The average Bonchev–Trinajstić information content (AvgIpc) is 2.38. The summed E-state index contributed by atoms with van der Waals surface area (Å²) in [5.41, 5.74) is 1.86. The molecule has 1 amide bonds. The molecule has 1 aliphatic rings. The number of carbonyl (C=O) groups is 1. The van der Waals surface area contributed by atoms with Crippen LogP contribution < -0.4 is 0 Å². The molecule has 1 aromatic carbocycles. The summed E-state index contributed by atoms with van der Waals surface area (Å²) in [6, 6.07) is 5.86. The minimum absolute atomic E-state index is 0.166. The zero-order chi connectivity index (χ0) is 14.7. The van der Waals surface area contributed by atoms with Crippen LogP contribution in [0.25, 0.3) is 0 Å². The highest BCUT2D eigenvalue weighted by Gasteiger charge is 2.23. The molecule has 0 aromatic heterocycles. The normalized spacial score (nSPS) is 16.8. The quantitative estimate of drug-likeness (QED) is 0.845. The van der Waals surface area contributed by atoms with Crippen LogP contribution in [0.1, 0.15) is 29.8 Å². The largest absolute Gasteiger partial charge is 0.336 e. The van der Waals surface area contributed by atoms with Gasteiger partial charge in [0.1, 0.15) is 0 Å². The molecule has 0 N–H and O–H groups in total. The lowest BCUT2D eigenvalue weighted by atomic mass is 10.1. The summed E-state index contributed by atoms with van der Waals surface area (Å²) in [6.45, 7) is 11.2. The highest BCUT2D eigenvalue weighted by Crippen LogP contribution is 2.18. The van der Waals surface area contributed by atoms with E-state index in [0.717, 1.165) is 48.3 Å². The van der Waals surface area contributed by atoms with Gasteiger partial charge < -0.3 is 4.90 Å². The van der Waals surface area contributed by atoms with Gasteiger partial charge in [0.15, 0.2) is 0 Å². The minimum Gasteiger partial charge on any atom is -0.336 e. The predicted molar refractivity (Wildman–Crippen MR) is 86.1 cm³/mol. The standard InChI is InChI=1S/C16H23BrN2O/c1-12(2)11-18-6-8-19(9-7-18)16(20)15-5-4-14(17)10-13(15)3/h4-5,10,12H,6-9,11H2,1-3H3. The lowest BCUT2D eigenvalue weighted by Crippen LogP contribution is -2.49. The highest BCUT2D eigenvalue weighted by atomic mass is 79.9. The Labute approximate surface area is 130 Å². The first-order chi connectivity index (χ1) is 9.47. The first-order valence-electron chi connectivity index (χ1n) is 7.25. The summed E-state index contributed by atoms with van der Waals surface area (Å²) in [5.74, 6) is 0.852. The average molecular weight is 339 g/mol. The van der Waals surface area contributed by atoms with Crippen molar-refractivity contribution in [2.75, 3.05) is 32.7 Å². The van der Waals surface area contributed by atoms with E-state index in [1.165, 1.54) is 0 Å². The zero-order valence-electron chi connectivity index (χ0n) is 12.5. The van der Waals surface area contributed by atoms with Crippen LogP contribution in [0.3, 0.4) is 0 Å². The molecule has 1 aromatic rings. The lowest BCUT2D eigenvalue weighted by Gasteiger charge is -2.35. The predicted octanol–water partition coefficient (Wildman–Crippen LogP) is 3.17. The summed E-state index contributed by atoms with van der Waals surface area (Å²) < 4.78 is 1.02. The monoisotopic (exact) mass is 338 g/mol. The summed E-state index contributed by atoms with van der Waals surface area (Å²) in [7, 11) is 0. The van der Waals surface area contributed by atoms with Gasteiger partial charge in [0.25, 0.3) is 5.91 Å². The Balaban J connectivity index is 1.98. The fourth-order valence-electron chi connectivity index (χ4n) is 2.69. The number of aryl methyl sites for hydroxylation is 1. The molecule has 0 unspecified atom stereocenters. The molecule has 1 fully saturated rings. The van der Waals surface area contributed by atoms with Crippen molar-refractivity contribution in [3.63, 3.8) is 0 Å². The first kappa shape index (κ1) is 15.5. The third kappa shape index (κ3) is 3.83. The number of hydrogen-bond acceptors (Lipinski definition) is 2. The van der Waals surface area contributed by atoms with E-state index in [0.29, 0.717) is 5.92 Å². The molecule has 0 atom stereocenters. The molecule has 0 radical (unpaired) electrons. The van der Waals surface area contributed by atoms with Crippen LogP contribution in [0.4, 0.5) is 0 Å². The smallest absolute Gasteiger partial charge is 0.254 e. The number of benzene rings is 1. The van der Waals surface area contributed by atoms with Crippen molar-refractivity contribution in [1.82, 2.24) is 9.80 Å². The van der Waals surface area contributed by atoms with E-state index < -0.39 is 0 Å². The molecule has 3 nitrogen and oxygen atoms in total. The summed E-state index contributed by atoms with van der Waals surface area (Å²) >= 11 is 3.44. The van der Waals surface area contributed by atoms with Gasteiger partial charge in [-0.25, -0.2) is 0 Å². The Bertz CT molecular complexity index is 479. The number of amides is 1. The van der Waals surface area contributed by atoms with Crippen LogP contribution in [0.15, 0.2) is 22.7 Å². The van der Waals surface area contributed by atoms with Crippen molar-refractivity contribution in [3.05, 3.63) is 33.8 Å². The highest BCUT2D eigenvalue weighted by molar-refractivity contribution is 9.10. The van der Waals surface area contributed by atoms with Crippen LogP contribution in [-0.2, 0) is 0 Å². The molecule has 20 heavy (non-hydrogen) atoms. The van der Waals surface area contributed by atoms with Crippen LogP contribution in [0.2, 0.25) is 0 Å². The van der Waals surface area contributed by atoms with E-state index in [1.54, 1.807) is 0 Å². The molecule has 0 saturated carbocycles. The topological polar surface area (TPSA) is 23.6 Å². The number of carbonyl (C=O) groups excluding carboxylic acids is 1. The number of nitrogens with zero attached hydrogens (tertiary/aromatic N) is 2. The van der Waals surface area contributed by atoms with Crippen molar-refractivity contribution >= 4 is 21.8 Å². The van der Waals surface area contributed by atoms with Gasteiger partial charge in [0.2, 0.25) is 0 Å². The van der Waals surface area contributed by atoms with Gasteiger partial charge in [-0.3, -0.25) is 9.69 Å². The molecule has 0 aliphatic carbocycles. The summed E-state index contributed by atoms with van der Waals surface area (Å²) in [5, 5.41) is 0. The third-order valence-electron chi connectivity index (χ3n) is 3.70. The molecule has 0 spiro atoms. The van der Waals surface area contributed by atoms with Crippen molar-refractivity contribution in [3.8, 4) is 0 Å². The van der Waals surface area contributed by atoms with Crippen LogP contribution in [-0.4, -0.2) is 48.4 Å². The molecule has 110 valence electrons. The Morgan fingerprint density at radius 3 is 2.45 bits per heavy atom. The molecule has 1 heterocycles. The Kier molecular flexibility index (Phi) is 5.22. The van der Waals surface area contributed by atoms with E-state index in [1.807, 2.05) is 30.0 Å². The maximum absolute atomic E-state index is 12.6. The van der Waals surface area contributed by atoms with E-state index in [4.69, 9.17) is 0 Å². The van der Waals surface area contributed by atoms with Crippen molar-refractivity contribution in [2.45, 2.75) is 20.8 Å². The lowest BCUT2D eigenvalue weighted by molar-refractivity contribution is 0.0623. The summed E-state index contributed by atoms with van der Waals surface area (Å²) in [4.78, 5) is 17.0. The van der Waals surface area contributed by atoms with E-state index in [9.17, 15) is 4.79 Å². The van der Waals surface area contributed by atoms with E-state index >= 15 is 0 Å². The fourth-order valence-corrected chi connectivity index (χ4v) is 3.16. The second-order valence-corrected chi connectivity index (χ2v) is 6.86. The van der Waals surface area contributed by atoms with Crippen molar-refractivity contribution in [1.29, 1.82) is 0 Å². The Hall–Kier alpha value is -0.870. The molecule has 0 bridgehead atoms. The van der Waals surface area contributed by atoms with Crippen molar-refractivity contribution < 1.29 is 4.79 Å². The molecular formula is C16H23BrN2O. The number of piperazine rings is 1. The zero-order valence-corrected chi connectivity index (χ0v) is 14.1. The molecule has 2 rings (SSSR count). The molecule has 1 saturated heterocycles. The minimum atomic E-state index is 0.166. The molecular weight excluding hydrogens is 316 g/mol. The van der Waals surface area contributed by atoms with Gasteiger partial charge in [0.05, 0.1) is 0 Å². The van der Waals surface area contributed by atoms with Crippen molar-refractivity contribution in [2.24, 2.45) is 5.92 Å². The second-order valence-electron chi connectivity index (χ2n) is 5.95. The molecule has 4 heteroatoms. The van der Waals surface area contributed by atoms with Gasteiger partial charge in [-0.2, -0.15) is 0 Å². The fraction of sp³-hybridized carbons (Fsp3) is 0.562. The Morgan fingerprint density at radius 2 is 1.90 bits per heavy atom. The second kappa shape index (κ2) is 6.72. The third-order valence-corrected chi connectivity index (χ3v) is 4.19. The van der Waals surface area contributed by atoms with Crippen LogP contribution in [0.5, 0.6) is 0 Å². The van der Waals surface area contributed by atoms with Gasteiger partial charge >= 0.3 is 0 Å². The number of hydrogen-bond donors (Lipinski definition) is 0. The summed E-state index contributed by atoms with van der Waals surface area (Å²) in [6.07, 6.45) is 0. The number of rotatable bonds is 3. The maximum Gasteiger partial charge on any atom is 0.254 e. The Morgan fingerprint density at radius 1 is 1.25 bits per heavy atom. The van der Waals surface area contributed by atoms with Gasteiger partial charge in [-0.15, -0.1) is 0 Å². The SMILES string of the molecule is Cc1cc(Br)ccc1C(=O)N1CCN(CC(C)C)CC1.